The number of ether oxygens (including phenoxy) is 1. The van der Waals surface area contributed by atoms with Crippen LogP contribution in [0.2, 0.25) is 0 Å². The molecule has 1 amide bonds. The third kappa shape index (κ3) is 2.65. The monoisotopic (exact) mass is 289 g/mol. The normalized spacial score (nSPS) is 23.6. The first kappa shape index (κ1) is 14.1. The van der Waals surface area contributed by atoms with Crippen molar-refractivity contribution >= 4 is 11.9 Å². The molecule has 2 fully saturated rings. The average molecular weight is 289 g/mol. The van der Waals surface area contributed by atoms with E-state index >= 15 is 0 Å². The summed E-state index contributed by atoms with van der Waals surface area (Å²) in [6.07, 6.45) is 1.62. The van der Waals surface area contributed by atoms with Gasteiger partial charge < -0.3 is 14.7 Å². The molecule has 1 saturated heterocycles. The lowest BCUT2D eigenvalue weighted by Gasteiger charge is -2.37. The van der Waals surface area contributed by atoms with Crippen molar-refractivity contribution in [1.29, 1.82) is 0 Å². The van der Waals surface area contributed by atoms with Gasteiger partial charge in [0.1, 0.15) is 0 Å². The second-order valence-electron chi connectivity index (χ2n) is 5.77. The van der Waals surface area contributed by atoms with Gasteiger partial charge in [-0.15, -0.1) is 0 Å². The van der Waals surface area contributed by atoms with E-state index in [2.05, 4.69) is 0 Å². The number of aliphatic carboxylic acids is 1. The number of amides is 1. The molecule has 0 aromatic heterocycles. The summed E-state index contributed by atoms with van der Waals surface area (Å²) in [5.74, 6) is -0.837. The van der Waals surface area contributed by atoms with Crippen molar-refractivity contribution in [2.45, 2.75) is 30.7 Å². The number of benzene rings is 1. The first-order chi connectivity index (χ1) is 10.1. The van der Waals surface area contributed by atoms with Crippen LogP contribution in [0.15, 0.2) is 30.3 Å². The summed E-state index contributed by atoms with van der Waals surface area (Å²) in [5, 5.41) is 9.01. The van der Waals surface area contributed by atoms with Crippen LogP contribution in [0.4, 0.5) is 0 Å². The number of rotatable bonds is 4. The summed E-state index contributed by atoms with van der Waals surface area (Å²) < 4.78 is 5.34. The van der Waals surface area contributed by atoms with Gasteiger partial charge in [0.15, 0.2) is 0 Å². The Hall–Kier alpha value is -1.88. The fourth-order valence-corrected chi connectivity index (χ4v) is 3.08. The third-order valence-corrected chi connectivity index (χ3v) is 4.38. The highest BCUT2D eigenvalue weighted by atomic mass is 16.5. The molecule has 5 heteroatoms. The predicted molar refractivity (Wildman–Crippen MR) is 75.9 cm³/mol. The van der Waals surface area contributed by atoms with Crippen LogP contribution >= 0.6 is 0 Å². The lowest BCUT2D eigenvalue weighted by molar-refractivity contribution is -0.148. The topological polar surface area (TPSA) is 66.8 Å². The largest absolute Gasteiger partial charge is 0.481 e. The Morgan fingerprint density at radius 1 is 1.29 bits per heavy atom. The smallest absolute Gasteiger partial charge is 0.305 e. The van der Waals surface area contributed by atoms with Gasteiger partial charge in [0.25, 0.3) is 0 Å². The number of morpholine rings is 1. The minimum Gasteiger partial charge on any atom is -0.481 e. The molecule has 3 rings (SSSR count). The maximum atomic E-state index is 13.0. The van der Waals surface area contributed by atoms with Crippen molar-refractivity contribution in [3.8, 4) is 0 Å². The molecule has 1 N–H and O–H groups in total. The van der Waals surface area contributed by atoms with Crippen molar-refractivity contribution < 1.29 is 19.4 Å². The molecule has 0 spiro atoms. The number of hydrogen-bond acceptors (Lipinski definition) is 3. The van der Waals surface area contributed by atoms with E-state index < -0.39 is 11.4 Å². The minimum absolute atomic E-state index is 0.0586. The van der Waals surface area contributed by atoms with Gasteiger partial charge in [-0.1, -0.05) is 30.3 Å². The Bertz CT molecular complexity index is 538. The molecule has 1 aromatic rings. The standard InChI is InChI=1S/C16H19NO4/c18-14(19)10-13-11-21-9-8-17(13)15(20)16(6-7-16)12-4-2-1-3-5-12/h1-5,13H,6-11H2,(H,18,19). The number of carboxylic acids is 1. The SMILES string of the molecule is O=C(O)CC1COCCN1C(=O)C1(c2ccccc2)CC1. The minimum atomic E-state index is -0.896. The quantitative estimate of drug-likeness (QED) is 0.910. The molecule has 5 nitrogen and oxygen atoms in total. The fraction of sp³-hybridized carbons (Fsp3) is 0.500. The molecule has 0 radical (unpaired) electrons. The second kappa shape index (κ2) is 5.48. The van der Waals surface area contributed by atoms with Gasteiger partial charge in [-0.3, -0.25) is 9.59 Å². The molecule has 0 bridgehead atoms. The zero-order valence-electron chi connectivity index (χ0n) is 11.8. The molecule has 1 atom stereocenters. The Labute approximate surface area is 123 Å². The molecule has 1 aromatic carbocycles. The summed E-state index contributed by atoms with van der Waals surface area (Å²) in [6, 6.07) is 9.43. The molecule has 1 saturated carbocycles. The van der Waals surface area contributed by atoms with Crippen molar-refractivity contribution in [2.24, 2.45) is 0 Å². The zero-order valence-corrected chi connectivity index (χ0v) is 11.8. The van der Waals surface area contributed by atoms with E-state index in [0.29, 0.717) is 19.8 Å². The summed E-state index contributed by atoms with van der Waals surface area (Å²) in [7, 11) is 0. The van der Waals surface area contributed by atoms with Crippen LogP contribution in [0, 0.1) is 0 Å². The van der Waals surface area contributed by atoms with Gasteiger partial charge in [-0.2, -0.15) is 0 Å². The summed E-state index contributed by atoms with van der Waals surface area (Å²) in [4.78, 5) is 25.6. The van der Waals surface area contributed by atoms with E-state index in [1.54, 1.807) is 4.90 Å². The molecule has 1 aliphatic carbocycles. The molecule has 1 unspecified atom stereocenters. The van der Waals surface area contributed by atoms with E-state index in [-0.39, 0.29) is 18.4 Å². The predicted octanol–water partition coefficient (Wildman–Crippen LogP) is 1.42. The van der Waals surface area contributed by atoms with Crippen molar-refractivity contribution in [3.63, 3.8) is 0 Å². The zero-order chi connectivity index (χ0) is 14.9. The Morgan fingerprint density at radius 3 is 2.62 bits per heavy atom. The molecule has 2 aliphatic rings. The van der Waals surface area contributed by atoms with E-state index in [0.717, 1.165) is 18.4 Å². The first-order valence-corrected chi connectivity index (χ1v) is 7.30. The van der Waals surface area contributed by atoms with Gasteiger partial charge in [0.05, 0.1) is 31.1 Å². The summed E-state index contributed by atoms with van der Waals surface area (Å²) >= 11 is 0. The Kier molecular flexibility index (Phi) is 3.68. The van der Waals surface area contributed by atoms with Crippen molar-refractivity contribution in [3.05, 3.63) is 35.9 Å². The third-order valence-electron chi connectivity index (χ3n) is 4.38. The molecule has 112 valence electrons. The van der Waals surface area contributed by atoms with E-state index in [1.165, 1.54) is 0 Å². The van der Waals surface area contributed by atoms with Crippen LogP contribution < -0.4 is 0 Å². The number of hydrogen-bond donors (Lipinski definition) is 1. The van der Waals surface area contributed by atoms with E-state index in [9.17, 15) is 9.59 Å². The highest BCUT2D eigenvalue weighted by Crippen LogP contribution is 2.50. The van der Waals surface area contributed by atoms with Crippen LogP contribution in [-0.4, -0.2) is 47.7 Å². The Balaban J connectivity index is 1.81. The van der Waals surface area contributed by atoms with Gasteiger partial charge in [-0.25, -0.2) is 0 Å². The second-order valence-corrected chi connectivity index (χ2v) is 5.77. The average Bonchev–Trinajstić information content (AvgIpc) is 3.29. The lowest BCUT2D eigenvalue weighted by atomic mass is 9.93. The molecular formula is C16H19NO4. The highest BCUT2D eigenvalue weighted by Gasteiger charge is 2.54. The van der Waals surface area contributed by atoms with Crippen LogP contribution in [-0.2, 0) is 19.7 Å². The fourth-order valence-electron chi connectivity index (χ4n) is 3.08. The molecule has 1 heterocycles. The summed E-state index contributed by atoms with van der Waals surface area (Å²) in [6.45, 7) is 1.26. The van der Waals surface area contributed by atoms with Crippen molar-refractivity contribution in [2.75, 3.05) is 19.8 Å². The molecule has 1 aliphatic heterocycles. The lowest BCUT2D eigenvalue weighted by Crippen LogP contribution is -2.52. The number of nitrogens with zero attached hydrogens (tertiary/aromatic N) is 1. The number of carbonyl (C=O) groups excluding carboxylic acids is 1. The van der Waals surface area contributed by atoms with Crippen LogP contribution in [0.25, 0.3) is 0 Å². The van der Waals surface area contributed by atoms with Crippen LogP contribution in [0.5, 0.6) is 0 Å². The van der Waals surface area contributed by atoms with E-state index in [1.807, 2.05) is 30.3 Å². The first-order valence-electron chi connectivity index (χ1n) is 7.30. The van der Waals surface area contributed by atoms with Gasteiger partial charge in [-0.05, 0) is 18.4 Å². The number of carboxylic acid groups (broad SMARTS) is 1. The Morgan fingerprint density at radius 2 is 2.00 bits per heavy atom. The maximum Gasteiger partial charge on any atom is 0.305 e. The van der Waals surface area contributed by atoms with E-state index in [4.69, 9.17) is 9.84 Å². The van der Waals surface area contributed by atoms with Crippen LogP contribution in [0.3, 0.4) is 0 Å². The van der Waals surface area contributed by atoms with Crippen LogP contribution in [0.1, 0.15) is 24.8 Å². The van der Waals surface area contributed by atoms with Gasteiger partial charge in [0, 0.05) is 6.54 Å². The number of carbonyl (C=O) groups is 2. The van der Waals surface area contributed by atoms with Gasteiger partial charge >= 0.3 is 5.97 Å². The highest BCUT2D eigenvalue weighted by molar-refractivity contribution is 5.92. The van der Waals surface area contributed by atoms with Gasteiger partial charge in [0.2, 0.25) is 5.91 Å². The molecule has 21 heavy (non-hydrogen) atoms. The summed E-state index contributed by atoms with van der Waals surface area (Å²) in [5.41, 5.74) is 0.602. The van der Waals surface area contributed by atoms with Crippen molar-refractivity contribution in [1.82, 2.24) is 4.90 Å². The molecular weight excluding hydrogens is 270 g/mol. The maximum absolute atomic E-state index is 13.0.